The molecule has 2 fully saturated rings. The first kappa shape index (κ1) is 11.9. The fourth-order valence-electron chi connectivity index (χ4n) is 3.29. The highest BCUT2D eigenvalue weighted by Crippen LogP contribution is 2.35. The van der Waals surface area contributed by atoms with E-state index in [0.717, 1.165) is 18.9 Å². The van der Waals surface area contributed by atoms with E-state index in [-0.39, 0.29) is 11.9 Å². The number of nitrogens with two attached hydrogens (primary N) is 1. The molecule has 2 aliphatic rings. The Morgan fingerprint density at radius 2 is 2.00 bits per heavy atom. The fourth-order valence-corrected chi connectivity index (χ4v) is 3.29. The number of hydrogen-bond donors (Lipinski definition) is 1. The van der Waals surface area contributed by atoms with Gasteiger partial charge in [0, 0.05) is 12.6 Å². The molecule has 16 heavy (non-hydrogen) atoms. The maximum atomic E-state index is 12.1. The van der Waals surface area contributed by atoms with Crippen LogP contribution in [0.5, 0.6) is 0 Å². The van der Waals surface area contributed by atoms with E-state index < -0.39 is 0 Å². The van der Waals surface area contributed by atoms with E-state index in [0.29, 0.717) is 6.04 Å². The lowest BCUT2D eigenvalue weighted by atomic mass is 9.95. The molecular weight excluding hydrogens is 200 g/mol. The van der Waals surface area contributed by atoms with Crippen LogP contribution < -0.4 is 5.73 Å². The summed E-state index contributed by atoms with van der Waals surface area (Å²) in [6, 6.07) is 0.231. The van der Waals surface area contributed by atoms with Crippen molar-refractivity contribution in [1.82, 2.24) is 4.90 Å². The monoisotopic (exact) mass is 224 g/mol. The lowest BCUT2D eigenvalue weighted by Crippen LogP contribution is -2.47. The average molecular weight is 224 g/mol. The normalized spacial score (nSPS) is 28.6. The first-order chi connectivity index (χ1) is 7.74. The summed E-state index contributed by atoms with van der Waals surface area (Å²) < 4.78 is 0. The van der Waals surface area contributed by atoms with Gasteiger partial charge in [0.2, 0.25) is 5.91 Å². The number of amides is 1. The second-order valence-corrected chi connectivity index (χ2v) is 5.30. The van der Waals surface area contributed by atoms with Crippen molar-refractivity contribution in [1.29, 1.82) is 0 Å². The molecule has 2 unspecified atom stereocenters. The zero-order valence-electron chi connectivity index (χ0n) is 10.3. The molecule has 0 aromatic heterocycles. The van der Waals surface area contributed by atoms with Gasteiger partial charge in [0.15, 0.2) is 0 Å². The zero-order chi connectivity index (χ0) is 11.5. The summed E-state index contributed by atoms with van der Waals surface area (Å²) in [5.41, 5.74) is 5.87. The van der Waals surface area contributed by atoms with Gasteiger partial charge in [-0.25, -0.2) is 0 Å². The summed E-state index contributed by atoms with van der Waals surface area (Å²) in [6.45, 7) is 2.93. The number of carbonyl (C=O) groups excluding carboxylic acids is 1. The predicted octanol–water partition coefficient (Wildman–Crippen LogP) is 1.90. The van der Waals surface area contributed by atoms with Crippen LogP contribution in [0, 0.1) is 5.92 Å². The van der Waals surface area contributed by atoms with Gasteiger partial charge in [0.25, 0.3) is 0 Å². The molecule has 2 rings (SSSR count). The van der Waals surface area contributed by atoms with Crippen LogP contribution in [0.25, 0.3) is 0 Å². The van der Waals surface area contributed by atoms with Gasteiger partial charge >= 0.3 is 0 Å². The van der Waals surface area contributed by atoms with Gasteiger partial charge in [0.05, 0.1) is 6.04 Å². The Hall–Kier alpha value is -0.570. The molecule has 1 heterocycles. The SMILES string of the molecule is CCC(N)C(=O)N1CCCC1C1CCCC1. The molecular formula is C13H24N2O. The van der Waals surface area contributed by atoms with E-state index >= 15 is 0 Å². The van der Waals surface area contributed by atoms with Crippen molar-refractivity contribution < 1.29 is 4.79 Å². The summed E-state index contributed by atoms with van der Waals surface area (Å²) >= 11 is 0. The molecule has 0 aromatic rings. The summed E-state index contributed by atoms with van der Waals surface area (Å²) in [5, 5.41) is 0. The van der Waals surface area contributed by atoms with Gasteiger partial charge in [-0.2, -0.15) is 0 Å². The van der Waals surface area contributed by atoms with Crippen molar-refractivity contribution in [2.75, 3.05) is 6.54 Å². The van der Waals surface area contributed by atoms with Gasteiger partial charge in [-0.3, -0.25) is 4.79 Å². The van der Waals surface area contributed by atoms with Crippen LogP contribution in [0.15, 0.2) is 0 Å². The lowest BCUT2D eigenvalue weighted by molar-refractivity contribution is -0.134. The third-order valence-electron chi connectivity index (χ3n) is 4.28. The molecule has 0 bridgehead atoms. The number of nitrogens with zero attached hydrogens (tertiary/aromatic N) is 1. The first-order valence-electron chi connectivity index (χ1n) is 6.80. The molecule has 0 radical (unpaired) electrons. The highest BCUT2D eigenvalue weighted by atomic mass is 16.2. The minimum Gasteiger partial charge on any atom is -0.338 e. The largest absolute Gasteiger partial charge is 0.338 e. The Bertz CT molecular complexity index is 248. The second-order valence-electron chi connectivity index (χ2n) is 5.30. The van der Waals surface area contributed by atoms with E-state index in [1.54, 1.807) is 0 Å². The van der Waals surface area contributed by atoms with Crippen molar-refractivity contribution in [3.05, 3.63) is 0 Å². The van der Waals surface area contributed by atoms with Crippen LogP contribution in [0.4, 0.5) is 0 Å². The molecule has 2 N–H and O–H groups in total. The van der Waals surface area contributed by atoms with Gasteiger partial charge in [-0.05, 0) is 38.0 Å². The van der Waals surface area contributed by atoms with Crippen molar-refractivity contribution in [2.45, 2.75) is 64.0 Å². The third-order valence-corrected chi connectivity index (χ3v) is 4.28. The van der Waals surface area contributed by atoms with Crippen LogP contribution in [0.3, 0.4) is 0 Å². The standard InChI is InChI=1S/C13H24N2O/c1-2-11(14)13(16)15-9-5-8-12(15)10-6-3-4-7-10/h10-12H,2-9,14H2,1H3. The Balaban J connectivity index is 1.99. The van der Waals surface area contributed by atoms with Crippen LogP contribution in [0.1, 0.15) is 51.9 Å². The zero-order valence-corrected chi connectivity index (χ0v) is 10.3. The summed E-state index contributed by atoms with van der Waals surface area (Å²) in [4.78, 5) is 14.2. The maximum Gasteiger partial charge on any atom is 0.239 e. The maximum absolute atomic E-state index is 12.1. The molecule has 0 spiro atoms. The summed E-state index contributed by atoms with van der Waals surface area (Å²) in [7, 11) is 0. The fraction of sp³-hybridized carbons (Fsp3) is 0.923. The van der Waals surface area contributed by atoms with E-state index in [2.05, 4.69) is 4.90 Å². The predicted molar refractivity (Wildman–Crippen MR) is 65.0 cm³/mol. The third kappa shape index (κ3) is 2.24. The first-order valence-corrected chi connectivity index (χ1v) is 6.80. The van der Waals surface area contributed by atoms with Gasteiger partial charge in [0.1, 0.15) is 0 Å². The summed E-state index contributed by atoms with van der Waals surface area (Å²) in [6.07, 6.45) is 8.46. The van der Waals surface area contributed by atoms with E-state index in [1.807, 2.05) is 6.92 Å². The highest BCUT2D eigenvalue weighted by Gasteiger charge is 2.36. The Kier molecular flexibility index (Phi) is 3.85. The smallest absolute Gasteiger partial charge is 0.239 e. The molecule has 1 saturated heterocycles. The molecule has 1 aliphatic carbocycles. The minimum atomic E-state index is -0.276. The topological polar surface area (TPSA) is 46.3 Å². The molecule has 1 amide bonds. The number of likely N-dealkylation sites (tertiary alicyclic amines) is 1. The van der Waals surface area contributed by atoms with Gasteiger partial charge in [-0.15, -0.1) is 0 Å². The number of carbonyl (C=O) groups is 1. The number of hydrogen-bond acceptors (Lipinski definition) is 2. The van der Waals surface area contributed by atoms with E-state index in [9.17, 15) is 4.79 Å². The lowest BCUT2D eigenvalue weighted by Gasteiger charge is -2.31. The highest BCUT2D eigenvalue weighted by molar-refractivity contribution is 5.82. The Morgan fingerprint density at radius 1 is 1.31 bits per heavy atom. The average Bonchev–Trinajstić information content (AvgIpc) is 2.95. The van der Waals surface area contributed by atoms with Crippen LogP contribution in [-0.2, 0) is 4.79 Å². The molecule has 92 valence electrons. The summed E-state index contributed by atoms with van der Waals surface area (Å²) in [5.74, 6) is 0.951. The van der Waals surface area contributed by atoms with Crippen molar-refractivity contribution >= 4 is 5.91 Å². The van der Waals surface area contributed by atoms with Crippen molar-refractivity contribution in [2.24, 2.45) is 11.7 Å². The molecule has 1 aliphatic heterocycles. The van der Waals surface area contributed by atoms with Crippen LogP contribution >= 0.6 is 0 Å². The van der Waals surface area contributed by atoms with Crippen LogP contribution in [0.2, 0.25) is 0 Å². The molecule has 2 atom stereocenters. The molecule has 3 heteroatoms. The molecule has 0 aromatic carbocycles. The van der Waals surface area contributed by atoms with E-state index in [1.165, 1.54) is 38.5 Å². The van der Waals surface area contributed by atoms with Crippen molar-refractivity contribution in [3.63, 3.8) is 0 Å². The molecule has 3 nitrogen and oxygen atoms in total. The molecule has 1 saturated carbocycles. The Labute approximate surface area is 98.4 Å². The quantitative estimate of drug-likeness (QED) is 0.796. The van der Waals surface area contributed by atoms with Gasteiger partial charge < -0.3 is 10.6 Å². The van der Waals surface area contributed by atoms with Gasteiger partial charge in [-0.1, -0.05) is 19.8 Å². The van der Waals surface area contributed by atoms with Crippen molar-refractivity contribution in [3.8, 4) is 0 Å². The number of rotatable bonds is 3. The second kappa shape index (κ2) is 5.17. The van der Waals surface area contributed by atoms with Crippen LogP contribution in [-0.4, -0.2) is 29.4 Å². The Morgan fingerprint density at radius 3 is 2.62 bits per heavy atom. The minimum absolute atomic E-state index is 0.192. The van der Waals surface area contributed by atoms with E-state index in [4.69, 9.17) is 5.73 Å².